The molecule has 1 aromatic carbocycles. The molecule has 1 heterocycles. The minimum absolute atomic E-state index is 0.0322. The van der Waals surface area contributed by atoms with Crippen molar-refractivity contribution in [2.45, 2.75) is 76.3 Å². The number of unbranched alkanes of at least 4 members (excludes halogenated alkanes) is 3. The third kappa shape index (κ3) is 6.78. The average Bonchev–Trinajstić information content (AvgIpc) is 2.64. The fourth-order valence-electron chi connectivity index (χ4n) is 3.27. The van der Waals surface area contributed by atoms with Crippen molar-refractivity contribution in [1.29, 1.82) is 0 Å². The maximum absolute atomic E-state index is 9.32. The van der Waals surface area contributed by atoms with Crippen LogP contribution in [0.1, 0.15) is 57.8 Å². The van der Waals surface area contributed by atoms with Gasteiger partial charge in [-0.05, 0) is 50.7 Å². The van der Waals surface area contributed by atoms with Crippen molar-refractivity contribution in [3.8, 4) is 11.5 Å². The Morgan fingerprint density at radius 3 is 2.58 bits per heavy atom. The van der Waals surface area contributed by atoms with Crippen molar-refractivity contribution in [3.63, 3.8) is 0 Å². The first-order valence-corrected chi connectivity index (χ1v) is 10.1. The van der Waals surface area contributed by atoms with E-state index in [4.69, 9.17) is 18.9 Å². The lowest BCUT2D eigenvalue weighted by Gasteiger charge is -2.31. The van der Waals surface area contributed by atoms with E-state index in [1.165, 1.54) is 12.8 Å². The molecule has 5 heteroatoms. The van der Waals surface area contributed by atoms with E-state index in [1.54, 1.807) is 0 Å². The van der Waals surface area contributed by atoms with E-state index < -0.39 is 0 Å². The summed E-state index contributed by atoms with van der Waals surface area (Å²) in [5, 5.41) is 9.32. The summed E-state index contributed by atoms with van der Waals surface area (Å²) < 4.78 is 22.9. The summed E-state index contributed by atoms with van der Waals surface area (Å²) in [7, 11) is 0. The van der Waals surface area contributed by atoms with Gasteiger partial charge in [0.15, 0.2) is 6.29 Å². The summed E-state index contributed by atoms with van der Waals surface area (Å²) in [6, 6.07) is 7.78. The molecule has 1 saturated heterocycles. The highest BCUT2D eigenvalue weighted by Gasteiger charge is 2.28. The van der Waals surface area contributed by atoms with Crippen LogP contribution in [0, 0.1) is 0 Å². The second kappa shape index (κ2) is 10.8. The smallest absolute Gasteiger partial charge is 0.157 e. The van der Waals surface area contributed by atoms with Crippen LogP contribution >= 0.6 is 0 Å². The second-order valence-corrected chi connectivity index (χ2v) is 7.27. The monoisotopic (exact) mass is 364 g/mol. The molecule has 5 nitrogen and oxygen atoms in total. The van der Waals surface area contributed by atoms with Crippen LogP contribution in [0.3, 0.4) is 0 Å². The molecule has 2 aliphatic rings. The second-order valence-electron chi connectivity index (χ2n) is 7.27. The molecule has 0 amide bonds. The Kier molecular flexibility index (Phi) is 8.05. The van der Waals surface area contributed by atoms with E-state index >= 15 is 0 Å². The highest BCUT2D eigenvalue weighted by atomic mass is 16.7. The lowest BCUT2D eigenvalue weighted by molar-refractivity contribution is -0.162. The summed E-state index contributed by atoms with van der Waals surface area (Å²) >= 11 is 0. The van der Waals surface area contributed by atoms with E-state index in [0.717, 1.165) is 76.3 Å². The molecule has 1 aliphatic carbocycles. The van der Waals surface area contributed by atoms with Crippen molar-refractivity contribution in [2.75, 3.05) is 19.8 Å². The minimum Gasteiger partial charge on any atom is -0.493 e. The third-order valence-corrected chi connectivity index (χ3v) is 4.93. The van der Waals surface area contributed by atoms with Gasteiger partial charge in [-0.25, -0.2) is 0 Å². The topological polar surface area (TPSA) is 57.2 Å². The molecular formula is C21H32O5. The zero-order chi connectivity index (χ0) is 18.0. The van der Waals surface area contributed by atoms with Crippen molar-refractivity contribution < 1.29 is 24.1 Å². The largest absolute Gasteiger partial charge is 0.493 e. The van der Waals surface area contributed by atoms with Crippen molar-refractivity contribution in [1.82, 2.24) is 0 Å². The zero-order valence-electron chi connectivity index (χ0n) is 15.6. The number of benzene rings is 1. The lowest BCUT2D eigenvalue weighted by atomic mass is 9.92. The highest BCUT2D eigenvalue weighted by molar-refractivity contribution is 5.33. The van der Waals surface area contributed by atoms with Crippen LogP contribution in [0.4, 0.5) is 0 Å². The standard InChI is InChI=1S/C21H32O5/c22-17-14-20(15-17)26-19-9-7-8-18(16-19)23-11-4-1-2-5-12-24-21-10-3-6-13-25-21/h7-9,16-17,20-22H,1-6,10-15H2/t17-,20-,21?. The Bertz CT molecular complexity index is 509. The Hall–Kier alpha value is -1.30. The van der Waals surface area contributed by atoms with E-state index in [9.17, 15) is 5.11 Å². The summed E-state index contributed by atoms with van der Waals surface area (Å²) in [5.41, 5.74) is 0. The Morgan fingerprint density at radius 2 is 1.81 bits per heavy atom. The molecule has 1 aliphatic heterocycles. The van der Waals surface area contributed by atoms with Gasteiger partial charge in [-0.1, -0.05) is 12.5 Å². The average molecular weight is 364 g/mol. The SMILES string of the molecule is O[C@H]1C[C@H](Oc2cccc(OCCCCCCOC3CCCCO3)c2)C1. The van der Waals surface area contributed by atoms with E-state index in [1.807, 2.05) is 24.3 Å². The molecule has 1 saturated carbocycles. The zero-order valence-corrected chi connectivity index (χ0v) is 15.6. The predicted octanol–water partition coefficient (Wildman–Crippen LogP) is 4.07. The van der Waals surface area contributed by atoms with E-state index in [0.29, 0.717) is 0 Å². The van der Waals surface area contributed by atoms with Crippen LogP contribution < -0.4 is 9.47 Å². The molecule has 1 unspecified atom stereocenters. The van der Waals surface area contributed by atoms with Gasteiger partial charge < -0.3 is 24.1 Å². The fourth-order valence-corrected chi connectivity index (χ4v) is 3.27. The number of hydrogen-bond donors (Lipinski definition) is 1. The first-order valence-electron chi connectivity index (χ1n) is 10.1. The third-order valence-electron chi connectivity index (χ3n) is 4.93. The molecule has 1 atom stereocenters. The molecule has 0 aromatic heterocycles. The first-order chi connectivity index (χ1) is 12.8. The number of ether oxygens (including phenoxy) is 4. The van der Waals surface area contributed by atoms with Gasteiger partial charge >= 0.3 is 0 Å². The number of aliphatic hydroxyl groups is 1. The molecule has 26 heavy (non-hydrogen) atoms. The minimum atomic E-state index is -0.194. The normalized spacial score (nSPS) is 25.5. The predicted molar refractivity (Wildman–Crippen MR) is 99.6 cm³/mol. The van der Waals surface area contributed by atoms with Crippen LogP contribution in [0.15, 0.2) is 24.3 Å². The van der Waals surface area contributed by atoms with Crippen molar-refractivity contribution >= 4 is 0 Å². The number of aliphatic hydroxyl groups excluding tert-OH is 1. The summed E-state index contributed by atoms with van der Waals surface area (Å²) in [6.07, 6.45) is 9.27. The molecule has 0 radical (unpaired) electrons. The quantitative estimate of drug-likeness (QED) is 0.600. The van der Waals surface area contributed by atoms with Crippen LogP contribution in [0.25, 0.3) is 0 Å². The highest BCUT2D eigenvalue weighted by Crippen LogP contribution is 2.27. The van der Waals surface area contributed by atoms with E-state index in [-0.39, 0.29) is 18.5 Å². The van der Waals surface area contributed by atoms with Crippen molar-refractivity contribution in [2.24, 2.45) is 0 Å². The van der Waals surface area contributed by atoms with Gasteiger partial charge in [0, 0.05) is 32.1 Å². The van der Waals surface area contributed by atoms with Crippen LogP contribution in [0.2, 0.25) is 0 Å². The lowest BCUT2D eigenvalue weighted by Crippen LogP contribution is -2.37. The van der Waals surface area contributed by atoms with Gasteiger partial charge in [-0.2, -0.15) is 0 Å². The number of hydrogen-bond acceptors (Lipinski definition) is 5. The van der Waals surface area contributed by atoms with Crippen molar-refractivity contribution in [3.05, 3.63) is 24.3 Å². The van der Waals surface area contributed by atoms with Crippen LogP contribution in [-0.2, 0) is 9.47 Å². The molecule has 3 rings (SSSR count). The van der Waals surface area contributed by atoms with Gasteiger partial charge in [-0.3, -0.25) is 0 Å². The van der Waals surface area contributed by atoms with Crippen LogP contribution in [0.5, 0.6) is 11.5 Å². The van der Waals surface area contributed by atoms with Gasteiger partial charge in [0.1, 0.15) is 17.6 Å². The molecule has 1 N–H and O–H groups in total. The summed E-state index contributed by atoms with van der Waals surface area (Å²) in [5.74, 6) is 1.67. The first kappa shape index (κ1) is 19.5. The summed E-state index contributed by atoms with van der Waals surface area (Å²) in [4.78, 5) is 0. The molecule has 0 spiro atoms. The Morgan fingerprint density at radius 1 is 1.00 bits per heavy atom. The van der Waals surface area contributed by atoms with Gasteiger partial charge in [-0.15, -0.1) is 0 Å². The molecule has 1 aromatic rings. The maximum atomic E-state index is 9.32. The number of rotatable bonds is 11. The van der Waals surface area contributed by atoms with Gasteiger partial charge in [0.05, 0.1) is 12.7 Å². The Balaban J connectivity index is 1.20. The molecular weight excluding hydrogens is 332 g/mol. The van der Waals surface area contributed by atoms with Gasteiger partial charge in [0.2, 0.25) is 0 Å². The maximum Gasteiger partial charge on any atom is 0.157 e. The fraction of sp³-hybridized carbons (Fsp3) is 0.714. The van der Waals surface area contributed by atoms with Crippen LogP contribution in [-0.4, -0.2) is 43.4 Å². The molecule has 146 valence electrons. The molecule has 2 fully saturated rings. The summed E-state index contributed by atoms with van der Waals surface area (Å²) in [6.45, 7) is 2.36. The molecule has 0 bridgehead atoms. The van der Waals surface area contributed by atoms with Gasteiger partial charge in [0.25, 0.3) is 0 Å². The Labute approximate surface area is 156 Å². The van der Waals surface area contributed by atoms with E-state index in [2.05, 4.69) is 0 Å².